The van der Waals surface area contributed by atoms with Gasteiger partial charge in [0.15, 0.2) is 5.76 Å². The van der Waals surface area contributed by atoms with Crippen LogP contribution in [0.2, 0.25) is 0 Å². The van der Waals surface area contributed by atoms with Gasteiger partial charge in [0.25, 0.3) is 0 Å². The normalized spacial score (nSPS) is 10.6. The zero-order valence-electron chi connectivity index (χ0n) is 13.8. The van der Waals surface area contributed by atoms with Crippen molar-refractivity contribution in [2.75, 3.05) is 19.7 Å². The highest BCUT2D eigenvalue weighted by molar-refractivity contribution is 5.92. The lowest BCUT2D eigenvalue weighted by Gasteiger charge is -2.17. The third kappa shape index (κ3) is 5.20. The molecule has 0 radical (unpaired) electrons. The molecule has 2 amide bonds. The Balaban J connectivity index is 1.92. The Hall–Kier alpha value is -2.67. The molecule has 7 heteroatoms. The summed E-state index contributed by atoms with van der Waals surface area (Å²) in [4.78, 5) is 24.9. The summed E-state index contributed by atoms with van der Waals surface area (Å²) in [6, 6.07) is 11.5. The minimum atomic E-state index is -0.730. The summed E-state index contributed by atoms with van der Waals surface area (Å²) >= 11 is 0. The Morgan fingerprint density at radius 3 is 2.67 bits per heavy atom. The number of hydrogen-bond acceptors (Lipinski definition) is 6. The Bertz CT molecular complexity index is 669. The van der Waals surface area contributed by atoms with Crippen LogP contribution in [0, 0.1) is 0 Å². The van der Waals surface area contributed by atoms with E-state index in [4.69, 9.17) is 4.52 Å². The van der Waals surface area contributed by atoms with E-state index < -0.39 is 12.0 Å². The number of amides is 2. The number of hydrogen-bond donors (Lipinski definition) is 1. The fraction of sp³-hybridized carbons (Fsp3) is 0.353. The summed E-state index contributed by atoms with van der Waals surface area (Å²) in [5, 5.41) is 6.21. The highest BCUT2D eigenvalue weighted by Gasteiger charge is 2.15. The zero-order valence-corrected chi connectivity index (χ0v) is 13.8. The third-order valence-electron chi connectivity index (χ3n) is 3.33. The molecule has 0 atom stereocenters. The minimum absolute atomic E-state index is 0.0723. The second-order valence-electron chi connectivity index (χ2n) is 5.12. The number of nitrogens with zero attached hydrogens (tertiary/aromatic N) is 2. The predicted molar refractivity (Wildman–Crippen MR) is 88.1 cm³/mol. The second-order valence-corrected chi connectivity index (χ2v) is 5.12. The van der Waals surface area contributed by atoms with Crippen molar-refractivity contribution < 1.29 is 18.8 Å². The molecule has 1 N–H and O–H groups in total. The molecule has 7 nitrogen and oxygen atoms in total. The monoisotopic (exact) mass is 331 g/mol. The molecule has 0 fully saturated rings. The first kappa shape index (κ1) is 17.7. The maximum atomic E-state index is 11.8. The lowest BCUT2D eigenvalue weighted by atomic mass is 10.1. The highest BCUT2D eigenvalue weighted by atomic mass is 16.5. The number of carbonyl (C=O) groups excluding carboxylic acids is 2. The van der Waals surface area contributed by atoms with Gasteiger partial charge in [-0.2, -0.15) is 0 Å². The molecule has 128 valence electrons. The van der Waals surface area contributed by atoms with Crippen LogP contribution in [0.1, 0.15) is 19.5 Å². The van der Waals surface area contributed by atoms with E-state index in [2.05, 4.69) is 15.2 Å². The molecular formula is C17H21N3O4. The van der Waals surface area contributed by atoms with Gasteiger partial charge in [-0.15, -0.1) is 0 Å². The van der Waals surface area contributed by atoms with E-state index in [1.165, 1.54) is 0 Å². The van der Waals surface area contributed by atoms with E-state index in [1.807, 2.05) is 48.2 Å². The van der Waals surface area contributed by atoms with E-state index in [0.717, 1.165) is 11.3 Å². The maximum absolute atomic E-state index is 11.8. The molecule has 0 saturated carbocycles. The molecule has 2 aromatic rings. The fourth-order valence-electron chi connectivity index (χ4n) is 2.16. The lowest BCUT2D eigenvalue weighted by molar-refractivity contribution is -0.121. The minimum Gasteiger partial charge on any atom is -0.450 e. The fourth-order valence-corrected chi connectivity index (χ4v) is 2.16. The smallest absolute Gasteiger partial charge is 0.413 e. The summed E-state index contributed by atoms with van der Waals surface area (Å²) in [5.74, 6) is 0.264. The SMILES string of the molecule is CCOC(=O)NC(=O)CN(CC)Cc1cc(-c2ccccc2)on1. The lowest BCUT2D eigenvalue weighted by Crippen LogP contribution is -2.40. The summed E-state index contributed by atoms with van der Waals surface area (Å²) in [6.07, 6.45) is -0.730. The first-order chi connectivity index (χ1) is 11.6. The summed E-state index contributed by atoms with van der Waals surface area (Å²) in [7, 11) is 0. The molecule has 1 aromatic carbocycles. The van der Waals surface area contributed by atoms with Gasteiger partial charge in [-0.25, -0.2) is 4.79 Å². The molecule has 24 heavy (non-hydrogen) atoms. The third-order valence-corrected chi connectivity index (χ3v) is 3.33. The number of ether oxygens (including phenoxy) is 1. The quantitative estimate of drug-likeness (QED) is 0.839. The molecule has 0 spiro atoms. The first-order valence-corrected chi connectivity index (χ1v) is 7.82. The van der Waals surface area contributed by atoms with Crippen LogP contribution < -0.4 is 5.32 Å². The van der Waals surface area contributed by atoms with Crippen molar-refractivity contribution in [3.63, 3.8) is 0 Å². The molecule has 1 heterocycles. The van der Waals surface area contributed by atoms with Crippen LogP contribution in [0.25, 0.3) is 11.3 Å². The molecule has 0 bridgehead atoms. The number of benzene rings is 1. The van der Waals surface area contributed by atoms with Crippen molar-refractivity contribution in [1.29, 1.82) is 0 Å². The largest absolute Gasteiger partial charge is 0.450 e. The number of alkyl carbamates (subject to hydrolysis) is 1. The molecule has 1 aromatic heterocycles. The van der Waals surface area contributed by atoms with Crippen LogP contribution in [-0.2, 0) is 16.1 Å². The number of imide groups is 1. The average Bonchev–Trinajstić information content (AvgIpc) is 3.03. The van der Waals surface area contributed by atoms with Crippen molar-refractivity contribution >= 4 is 12.0 Å². The average molecular weight is 331 g/mol. The molecule has 0 aliphatic rings. The maximum Gasteiger partial charge on any atom is 0.413 e. The molecule has 0 saturated heterocycles. The van der Waals surface area contributed by atoms with Crippen molar-refractivity contribution in [3.05, 3.63) is 42.1 Å². The highest BCUT2D eigenvalue weighted by Crippen LogP contribution is 2.20. The molecule has 0 aliphatic carbocycles. The Morgan fingerprint density at radius 2 is 2.00 bits per heavy atom. The summed E-state index contributed by atoms with van der Waals surface area (Å²) in [5.41, 5.74) is 1.67. The van der Waals surface area contributed by atoms with E-state index in [0.29, 0.717) is 18.8 Å². The van der Waals surface area contributed by atoms with Gasteiger partial charge in [0.1, 0.15) is 0 Å². The van der Waals surface area contributed by atoms with E-state index in [1.54, 1.807) is 6.92 Å². The zero-order chi connectivity index (χ0) is 17.4. The Labute approximate surface area is 140 Å². The second kappa shape index (κ2) is 8.83. The van der Waals surface area contributed by atoms with Gasteiger partial charge in [-0.05, 0) is 13.5 Å². The number of nitrogens with one attached hydrogen (secondary N) is 1. The van der Waals surface area contributed by atoms with E-state index in [-0.39, 0.29) is 13.2 Å². The molecule has 0 unspecified atom stereocenters. The number of aromatic nitrogens is 1. The number of carbonyl (C=O) groups is 2. The van der Waals surface area contributed by atoms with Crippen LogP contribution >= 0.6 is 0 Å². The van der Waals surface area contributed by atoms with Crippen LogP contribution in [0.3, 0.4) is 0 Å². The first-order valence-electron chi connectivity index (χ1n) is 7.82. The van der Waals surface area contributed by atoms with Crippen LogP contribution in [0.4, 0.5) is 4.79 Å². The van der Waals surface area contributed by atoms with Crippen LogP contribution in [0.15, 0.2) is 40.9 Å². The van der Waals surface area contributed by atoms with Crippen molar-refractivity contribution in [2.24, 2.45) is 0 Å². The molecular weight excluding hydrogens is 310 g/mol. The van der Waals surface area contributed by atoms with Gasteiger partial charge in [-0.3, -0.25) is 15.0 Å². The van der Waals surface area contributed by atoms with Gasteiger partial charge < -0.3 is 9.26 Å². The van der Waals surface area contributed by atoms with E-state index >= 15 is 0 Å². The van der Waals surface area contributed by atoms with Gasteiger partial charge in [0.2, 0.25) is 5.91 Å². The number of rotatable bonds is 7. The number of likely N-dealkylation sites (N-methyl/N-ethyl adjacent to an activating group) is 1. The van der Waals surface area contributed by atoms with E-state index in [9.17, 15) is 9.59 Å². The molecule has 2 rings (SSSR count). The van der Waals surface area contributed by atoms with Gasteiger partial charge >= 0.3 is 6.09 Å². The standard InChI is InChI=1S/C17H21N3O4/c1-3-20(12-16(21)18-17(22)23-4-2)11-14-10-15(24-19-14)13-8-6-5-7-9-13/h5-10H,3-4,11-12H2,1-2H3,(H,18,21,22). The van der Waals surface area contributed by atoms with Crippen molar-refractivity contribution in [1.82, 2.24) is 15.4 Å². The summed E-state index contributed by atoms with van der Waals surface area (Å²) in [6.45, 7) is 4.97. The van der Waals surface area contributed by atoms with Crippen LogP contribution in [-0.4, -0.2) is 41.8 Å². The predicted octanol–water partition coefficient (Wildman–Crippen LogP) is 2.44. The van der Waals surface area contributed by atoms with Crippen molar-refractivity contribution in [3.8, 4) is 11.3 Å². The van der Waals surface area contributed by atoms with Gasteiger partial charge in [-0.1, -0.05) is 42.4 Å². The Kier molecular flexibility index (Phi) is 6.51. The Morgan fingerprint density at radius 1 is 1.25 bits per heavy atom. The topological polar surface area (TPSA) is 84.7 Å². The van der Waals surface area contributed by atoms with Gasteiger partial charge in [0.05, 0.1) is 18.8 Å². The van der Waals surface area contributed by atoms with Crippen LogP contribution in [0.5, 0.6) is 0 Å². The van der Waals surface area contributed by atoms with Gasteiger partial charge in [0, 0.05) is 18.2 Å². The van der Waals surface area contributed by atoms with Crippen molar-refractivity contribution in [2.45, 2.75) is 20.4 Å². The molecule has 0 aliphatic heterocycles. The summed E-state index contributed by atoms with van der Waals surface area (Å²) < 4.78 is 10.0.